The number of pyridine rings is 1. The molecule has 6 heteroatoms. The third kappa shape index (κ3) is 2.77. The second kappa shape index (κ2) is 5.16. The lowest BCUT2D eigenvalue weighted by Gasteiger charge is -2.13. The molecule has 0 radical (unpaired) electrons. The fraction of sp³-hybridized carbons (Fsp3) is 0.0769. The molecule has 0 fully saturated rings. The van der Waals surface area contributed by atoms with Gasteiger partial charge in [-0.3, -0.25) is 4.79 Å². The number of anilines is 3. The Hall–Kier alpha value is -2.27. The number of aryl methyl sites for hydroxylation is 1. The van der Waals surface area contributed by atoms with Crippen molar-refractivity contribution in [2.45, 2.75) is 6.92 Å². The molecule has 0 aliphatic heterocycles. The summed E-state index contributed by atoms with van der Waals surface area (Å²) >= 11 is 6.11. The van der Waals surface area contributed by atoms with E-state index < -0.39 is 5.91 Å². The van der Waals surface area contributed by atoms with Gasteiger partial charge in [-0.15, -0.1) is 0 Å². The summed E-state index contributed by atoms with van der Waals surface area (Å²) in [6, 6.07) is 6.96. The second-order valence-electron chi connectivity index (χ2n) is 4.09. The SMILES string of the molecule is Cc1cccc(Cl)c1Nc1ncc(N)cc1C(N)=O. The summed E-state index contributed by atoms with van der Waals surface area (Å²) in [4.78, 5) is 15.5. The van der Waals surface area contributed by atoms with Crippen LogP contribution in [0.1, 0.15) is 15.9 Å². The zero-order chi connectivity index (χ0) is 14.0. The molecule has 0 aliphatic carbocycles. The number of hydrogen-bond acceptors (Lipinski definition) is 4. The number of aromatic nitrogens is 1. The maximum absolute atomic E-state index is 11.4. The molecule has 0 spiro atoms. The maximum atomic E-state index is 11.4. The van der Waals surface area contributed by atoms with Crippen LogP contribution in [0.3, 0.4) is 0 Å². The Morgan fingerprint density at radius 2 is 2.16 bits per heavy atom. The zero-order valence-electron chi connectivity index (χ0n) is 10.3. The first kappa shape index (κ1) is 13.2. The topological polar surface area (TPSA) is 94.0 Å². The summed E-state index contributed by atoms with van der Waals surface area (Å²) in [5.74, 6) is -0.273. The summed E-state index contributed by atoms with van der Waals surface area (Å²) in [5.41, 5.74) is 13.1. The molecule has 1 aromatic carbocycles. The van der Waals surface area contributed by atoms with Gasteiger partial charge in [-0.05, 0) is 24.6 Å². The van der Waals surface area contributed by atoms with Crippen molar-refractivity contribution < 1.29 is 4.79 Å². The summed E-state index contributed by atoms with van der Waals surface area (Å²) < 4.78 is 0. The number of benzene rings is 1. The van der Waals surface area contributed by atoms with Crippen LogP contribution in [0.15, 0.2) is 30.5 Å². The highest BCUT2D eigenvalue weighted by Crippen LogP contribution is 2.29. The van der Waals surface area contributed by atoms with Gasteiger partial charge in [0.1, 0.15) is 5.82 Å². The zero-order valence-corrected chi connectivity index (χ0v) is 11.0. The molecule has 0 atom stereocenters. The second-order valence-corrected chi connectivity index (χ2v) is 4.49. The molecule has 98 valence electrons. The number of amides is 1. The average Bonchev–Trinajstić information content (AvgIpc) is 2.35. The molecular formula is C13H13ClN4O. The van der Waals surface area contributed by atoms with E-state index in [-0.39, 0.29) is 5.56 Å². The van der Waals surface area contributed by atoms with Gasteiger partial charge in [0.15, 0.2) is 0 Å². The number of carbonyl (C=O) groups is 1. The van der Waals surface area contributed by atoms with Crippen molar-refractivity contribution in [3.05, 3.63) is 46.6 Å². The molecule has 1 amide bonds. The number of nitrogens with zero attached hydrogens (tertiary/aromatic N) is 1. The minimum Gasteiger partial charge on any atom is -0.397 e. The van der Waals surface area contributed by atoms with Gasteiger partial charge in [-0.2, -0.15) is 0 Å². The van der Waals surface area contributed by atoms with Crippen LogP contribution in [0.25, 0.3) is 0 Å². The fourth-order valence-corrected chi connectivity index (χ4v) is 1.95. The van der Waals surface area contributed by atoms with E-state index in [2.05, 4.69) is 10.3 Å². The van der Waals surface area contributed by atoms with Crippen LogP contribution in [-0.2, 0) is 0 Å². The highest BCUT2D eigenvalue weighted by atomic mass is 35.5. The third-order valence-corrected chi connectivity index (χ3v) is 2.95. The number of nitrogens with two attached hydrogens (primary N) is 2. The fourth-order valence-electron chi connectivity index (χ4n) is 1.68. The van der Waals surface area contributed by atoms with Gasteiger partial charge in [-0.1, -0.05) is 23.7 Å². The van der Waals surface area contributed by atoms with E-state index in [1.54, 1.807) is 6.07 Å². The Balaban J connectivity index is 2.47. The van der Waals surface area contributed by atoms with Crippen molar-refractivity contribution >= 4 is 34.7 Å². The number of rotatable bonds is 3. The average molecular weight is 277 g/mol. The predicted octanol–water partition coefficient (Wildman–Crippen LogP) is 2.47. The lowest BCUT2D eigenvalue weighted by Crippen LogP contribution is -2.15. The quantitative estimate of drug-likeness (QED) is 0.803. The molecule has 19 heavy (non-hydrogen) atoms. The lowest BCUT2D eigenvalue weighted by molar-refractivity contribution is 0.100. The molecule has 5 nitrogen and oxygen atoms in total. The van der Waals surface area contributed by atoms with E-state index in [9.17, 15) is 4.79 Å². The number of nitrogens with one attached hydrogen (secondary N) is 1. The first-order valence-electron chi connectivity index (χ1n) is 5.56. The largest absolute Gasteiger partial charge is 0.397 e. The maximum Gasteiger partial charge on any atom is 0.252 e. The molecule has 1 heterocycles. The Kier molecular flexibility index (Phi) is 3.57. The van der Waals surface area contributed by atoms with Crippen LogP contribution in [0.4, 0.5) is 17.2 Å². The van der Waals surface area contributed by atoms with Crippen molar-refractivity contribution in [3.63, 3.8) is 0 Å². The smallest absolute Gasteiger partial charge is 0.252 e. The molecule has 1 aromatic heterocycles. The number of nitrogen functional groups attached to an aromatic ring is 1. The minimum absolute atomic E-state index is 0.222. The Morgan fingerprint density at radius 3 is 2.79 bits per heavy atom. The van der Waals surface area contributed by atoms with E-state index in [0.717, 1.165) is 5.56 Å². The van der Waals surface area contributed by atoms with E-state index in [1.165, 1.54) is 12.3 Å². The normalized spacial score (nSPS) is 10.2. The van der Waals surface area contributed by atoms with Crippen LogP contribution >= 0.6 is 11.6 Å². The highest BCUT2D eigenvalue weighted by molar-refractivity contribution is 6.33. The summed E-state index contributed by atoms with van der Waals surface area (Å²) in [5, 5.41) is 3.55. The van der Waals surface area contributed by atoms with Crippen molar-refractivity contribution in [2.24, 2.45) is 5.73 Å². The van der Waals surface area contributed by atoms with E-state index >= 15 is 0 Å². The van der Waals surface area contributed by atoms with E-state index in [1.807, 2.05) is 19.1 Å². The molecule has 2 aromatic rings. The van der Waals surface area contributed by atoms with Crippen LogP contribution in [0, 0.1) is 6.92 Å². The van der Waals surface area contributed by atoms with Crippen LogP contribution in [-0.4, -0.2) is 10.9 Å². The molecule has 2 rings (SSSR count). The van der Waals surface area contributed by atoms with Crippen LogP contribution in [0.2, 0.25) is 5.02 Å². The van der Waals surface area contributed by atoms with Crippen LogP contribution in [0.5, 0.6) is 0 Å². The molecule has 0 aliphatic rings. The number of carbonyl (C=O) groups excluding carboxylic acids is 1. The Morgan fingerprint density at radius 1 is 1.42 bits per heavy atom. The van der Waals surface area contributed by atoms with Crippen molar-refractivity contribution in [2.75, 3.05) is 11.1 Å². The highest BCUT2D eigenvalue weighted by Gasteiger charge is 2.12. The van der Waals surface area contributed by atoms with E-state index in [4.69, 9.17) is 23.1 Å². The van der Waals surface area contributed by atoms with Crippen LogP contribution < -0.4 is 16.8 Å². The van der Waals surface area contributed by atoms with Crippen molar-refractivity contribution in [1.29, 1.82) is 0 Å². The van der Waals surface area contributed by atoms with Crippen molar-refractivity contribution in [1.82, 2.24) is 4.98 Å². The Labute approximate surface area is 115 Å². The number of para-hydroxylation sites is 1. The molecule has 0 saturated heterocycles. The van der Waals surface area contributed by atoms with E-state index in [0.29, 0.717) is 22.2 Å². The van der Waals surface area contributed by atoms with Crippen molar-refractivity contribution in [3.8, 4) is 0 Å². The first-order valence-corrected chi connectivity index (χ1v) is 5.94. The number of hydrogen-bond donors (Lipinski definition) is 3. The van der Waals surface area contributed by atoms with Gasteiger partial charge < -0.3 is 16.8 Å². The molecule has 5 N–H and O–H groups in total. The monoisotopic (exact) mass is 276 g/mol. The first-order chi connectivity index (χ1) is 8.99. The Bertz CT molecular complexity index is 622. The number of halogens is 1. The predicted molar refractivity (Wildman–Crippen MR) is 76.6 cm³/mol. The summed E-state index contributed by atoms with van der Waals surface area (Å²) in [6.45, 7) is 1.90. The van der Waals surface area contributed by atoms with Gasteiger partial charge >= 0.3 is 0 Å². The minimum atomic E-state index is -0.605. The summed E-state index contributed by atoms with van der Waals surface area (Å²) in [6.07, 6.45) is 1.45. The lowest BCUT2D eigenvalue weighted by atomic mass is 10.2. The standard InChI is InChI=1S/C13H13ClN4O/c1-7-3-2-4-10(14)11(7)18-13-9(12(16)19)5-8(15)6-17-13/h2-6H,15H2,1H3,(H2,16,19)(H,17,18). The number of primary amides is 1. The summed E-state index contributed by atoms with van der Waals surface area (Å²) in [7, 11) is 0. The molecule has 0 unspecified atom stereocenters. The van der Waals surface area contributed by atoms with Gasteiger partial charge in [-0.25, -0.2) is 4.98 Å². The van der Waals surface area contributed by atoms with Gasteiger partial charge in [0.05, 0.1) is 28.2 Å². The molecule has 0 saturated carbocycles. The van der Waals surface area contributed by atoms with Gasteiger partial charge in [0.2, 0.25) is 0 Å². The third-order valence-electron chi connectivity index (χ3n) is 2.64. The van der Waals surface area contributed by atoms with Gasteiger partial charge in [0.25, 0.3) is 5.91 Å². The van der Waals surface area contributed by atoms with Gasteiger partial charge in [0, 0.05) is 0 Å². The molecule has 0 bridgehead atoms. The molecular weight excluding hydrogens is 264 g/mol.